The fourth-order valence-electron chi connectivity index (χ4n) is 5.48. The second-order valence-corrected chi connectivity index (χ2v) is 10.4. The smallest absolute Gasteiger partial charge is 0.408 e. The Hall–Kier alpha value is -4.21. The van der Waals surface area contributed by atoms with Crippen LogP contribution < -0.4 is 10.6 Å². The van der Waals surface area contributed by atoms with Crippen LogP contribution >= 0.6 is 0 Å². The predicted octanol–water partition coefficient (Wildman–Crippen LogP) is 3.39. The zero-order chi connectivity index (χ0) is 28.1. The van der Waals surface area contributed by atoms with E-state index in [4.69, 9.17) is 9.47 Å². The van der Waals surface area contributed by atoms with E-state index in [1.807, 2.05) is 71.6 Å². The van der Waals surface area contributed by atoms with Gasteiger partial charge in [0.1, 0.15) is 18.2 Å². The molecule has 1 aliphatic heterocycles. The Bertz CT molecular complexity index is 1330. The summed E-state index contributed by atoms with van der Waals surface area (Å²) in [6, 6.07) is 24.5. The summed E-state index contributed by atoms with van der Waals surface area (Å²) >= 11 is 0. The van der Waals surface area contributed by atoms with Gasteiger partial charge in [-0.3, -0.25) is 9.69 Å². The highest BCUT2D eigenvalue weighted by Gasteiger charge is 2.45. The number of likely N-dealkylation sites (N-methyl/N-ethyl adjacent to an activating group) is 1. The molecule has 2 unspecified atom stereocenters. The van der Waals surface area contributed by atoms with Crippen LogP contribution in [-0.2, 0) is 25.6 Å². The van der Waals surface area contributed by atoms with Gasteiger partial charge < -0.3 is 25.2 Å². The maximum atomic E-state index is 13.4. The van der Waals surface area contributed by atoms with E-state index >= 15 is 0 Å². The number of amides is 2. The van der Waals surface area contributed by atoms with Gasteiger partial charge in [0.25, 0.3) is 0 Å². The molecule has 0 aromatic heterocycles. The number of alkyl carbamates (subject to hydrolysis) is 1. The standard InChI is InChI=1S/C31H33N3O6/c1-34(17-21-9-3-2-4-10-21)18-27(28(35)36)32-29(37)31(15-16-39-20-31)33-30(38)40-19-26-24-13-7-5-11-22(24)23-12-6-8-14-25(23)26/h2-14,26-27H,15-20H2,1H3,(H,32,37)(H,33,38)(H,35,36). The molecule has 40 heavy (non-hydrogen) atoms. The van der Waals surface area contributed by atoms with E-state index in [0.29, 0.717) is 6.54 Å². The van der Waals surface area contributed by atoms with Crippen LogP contribution in [0.15, 0.2) is 78.9 Å². The van der Waals surface area contributed by atoms with E-state index in [1.54, 1.807) is 7.05 Å². The van der Waals surface area contributed by atoms with Crippen LogP contribution in [0.1, 0.15) is 29.0 Å². The minimum Gasteiger partial charge on any atom is -0.480 e. The largest absolute Gasteiger partial charge is 0.480 e. The van der Waals surface area contributed by atoms with Gasteiger partial charge in [-0.15, -0.1) is 0 Å². The van der Waals surface area contributed by atoms with E-state index in [9.17, 15) is 19.5 Å². The lowest BCUT2D eigenvalue weighted by Crippen LogP contribution is -2.63. The number of carbonyl (C=O) groups excluding carboxylic acids is 2. The summed E-state index contributed by atoms with van der Waals surface area (Å²) in [5, 5.41) is 15.1. The first kappa shape index (κ1) is 27.4. The minimum atomic E-state index is -1.42. The molecule has 1 saturated heterocycles. The normalized spacial score (nSPS) is 18.6. The third-order valence-corrected chi connectivity index (χ3v) is 7.53. The predicted molar refractivity (Wildman–Crippen MR) is 149 cm³/mol. The van der Waals surface area contributed by atoms with Crippen LogP contribution in [0.5, 0.6) is 0 Å². The summed E-state index contributed by atoms with van der Waals surface area (Å²) in [4.78, 5) is 40.3. The Balaban J connectivity index is 1.22. The van der Waals surface area contributed by atoms with Crippen LogP contribution in [0.4, 0.5) is 4.79 Å². The number of benzene rings is 3. The first-order chi connectivity index (χ1) is 19.4. The molecule has 0 bridgehead atoms. The molecule has 2 amide bonds. The lowest BCUT2D eigenvalue weighted by molar-refractivity contribution is -0.143. The van der Waals surface area contributed by atoms with Gasteiger partial charge in [0, 0.05) is 32.0 Å². The molecule has 0 saturated carbocycles. The number of hydrogen-bond acceptors (Lipinski definition) is 6. The van der Waals surface area contributed by atoms with Gasteiger partial charge in [0.15, 0.2) is 0 Å². The quantitative estimate of drug-likeness (QED) is 0.359. The number of aliphatic carboxylic acids is 1. The van der Waals surface area contributed by atoms with Crippen molar-refractivity contribution in [1.29, 1.82) is 0 Å². The topological polar surface area (TPSA) is 117 Å². The second kappa shape index (κ2) is 11.9. The number of carboxylic acids is 1. The Morgan fingerprint density at radius 2 is 1.62 bits per heavy atom. The monoisotopic (exact) mass is 543 g/mol. The van der Waals surface area contributed by atoms with Gasteiger partial charge in [0.2, 0.25) is 5.91 Å². The molecule has 9 heteroatoms. The van der Waals surface area contributed by atoms with Crippen LogP contribution in [0.25, 0.3) is 11.1 Å². The molecule has 0 spiro atoms. The zero-order valence-electron chi connectivity index (χ0n) is 22.3. The van der Waals surface area contributed by atoms with Crippen molar-refractivity contribution < 1.29 is 29.0 Å². The average Bonchev–Trinajstić information content (AvgIpc) is 3.55. The third-order valence-electron chi connectivity index (χ3n) is 7.53. The van der Waals surface area contributed by atoms with Crippen molar-refractivity contribution in [2.75, 3.05) is 33.4 Å². The lowest BCUT2D eigenvalue weighted by Gasteiger charge is -2.30. The number of hydrogen-bond donors (Lipinski definition) is 3. The summed E-state index contributed by atoms with van der Waals surface area (Å²) in [7, 11) is 1.79. The lowest BCUT2D eigenvalue weighted by atomic mass is 9.97. The van der Waals surface area contributed by atoms with Gasteiger partial charge in [0.05, 0.1) is 6.61 Å². The van der Waals surface area contributed by atoms with E-state index < -0.39 is 29.6 Å². The third kappa shape index (κ3) is 5.85. The van der Waals surface area contributed by atoms with E-state index in [2.05, 4.69) is 22.8 Å². The average molecular weight is 544 g/mol. The number of nitrogens with one attached hydrogen (secondary N) is 2. The van der Waals surface area contributed by atoms with Gasteiger partial charge >= 0.3 is 12.1 Å². The summed E-state index contributed by atoms with van der Waals surface area (Å²) in [6.45, 7) is 0.878. The van der Waals surface area contributed by atoms with Crippen LogP contribution in [0.3, 0.4) is 0 Å². The number of rotatable bonds is 10. The van der Waals surface area contributed by atoms with Crippen molar-refractivity contribution in [3.8, 4) is 11.1 Å². The molecule has 2 aliphatic rings. The van der Waals surface area contributed by atoms with Gasteiger partial charge in [-0.05, 0) is 34.9 Å². The molecule has 3 aromatic carbocycles. The number of carbonyl (C=O) groups is 3. The van der Waals surface area contributed by atoms with E-state index in [-0.39, 0.29) is 38.7 Å². The van der Waals surface area contributed by atoms with Crippen molar-refractivity contribution in [2.45, 2.75) is 30.5 Å². The van der Waals surface area contributed by atoms with Crippen LogP contribution in [-0.4, -0.2) is 73.0 Å². The fourth-order valence-corrected chi connectivity index (χ4v) is 5.48. The molecule has 208 valence electrons. The van der Waals surface area contributed by atoms with E-state index in [0.717, 1.165) is 27.8 Å². The first-order valence-electron chi connectivity index (χ1n) is 13.3. The number of ether oxygens (including phenoxy) is 2. The SMILES string of the molecule is CN(Cc1ccccc1)CC(NC(=O)C1(NC(=O)OCC2c3ccccc3-c3ccccc32)CCOC1)C(=O)O. The number of fused-ring (bicyclic) bond motifs is 3. The molecular formula is C31H33N3O6. The summed E-state index contributed by atoms with van der Waals surface area (Å²) < 4.78 is 11.1. The zero-order valence-corrected chi connectivity index (χ0v) is 22.3. The molecular weight excluding hydrogens is 510 g/mol. The van der Waals surface area contributed by atoms with Gasteiger partial charge in [-0.25, -0.2) is 9.59 Å². The molecule has 3 N–H and O–H groups in total. The Kier molecular flexibility index (Phi) is 8.14. The summed E-state index contributed by atoms with van der Waals surface area (Å²) in [5.74, 6) is -1.90. The molecule has 9 nitrogen and oxygen atoms in total. The van der Waals surface area contributed by atoms with Gasteiger partial charge in [-0.1, -0.05) is 78.9 Å². The highest BCUT2D eigenvalue weighted by atomic mass is 16.6. The molecule has 1 fully saturated rings. The molecule has 0 radical (unpaired) electrons. The Labute approximate surface area is 233 Å². The van der Waals surface area contributed by atoms with Crippen LogP contribution in [0.2, 0.25) is 0 Å². The highest BCUT2D eigenvalue weighted by Crippen LogP contribution is 2.44. The summed E-state index contributed by atoms with van der Waals surface area (Å²) in [5.41, 5.74) is 3.99. The molecule has 2 atom stereocenters. The van der Waals surface area contributed by atoms with Crippen molar-refractivity contribution in [3.05, 3.63) is 95.6 Å². The van der Waals surface area contributed by atoms with Crippen molar-refractivity contribution in [2.24, 2.45) is 0 Å². The van der Waals surface area contributed by atoms with Crippen molar-refractivity contribution in [3.63, 3.8) is 0 Å². The molecule has 1 aliphatic carbocycles. The maximum absolute atomic E-state index is 13.4. The highest BCUT2D eigenvalue weighted by molar-refractivity contribution is 5.93. The van der Waals surface area contributed by atoms with Crippen molar-refractivity contribution in [1.82, 2.24) is 15.5 Å². The summed E-state index contributed by atoms with van der Waals surface area (Å²) in [6.07, 6.45) is -0.550. The second-order valence-electron chi connectivity index (χ2n) is 10.4. The van der Waals surface area contributed by atoms with E-state index in [1.165, 1.54) is 0 Å². The van der Waals surface area contributed by atoms with Crippen molar-refractivity contribution >= 4 is 18.0 Å². The Morgan fingerprint density at radius 3 is 2.23 bits per heavy atom. The minimum absolute atomic E-state index is 0.0742. The number of carboxylic acid groups (broad SMARTS) is 1. The fraction of sp³-hybridized carbons (Fsp3) is 0.323. The van der Waals surface area contributed by atoms with Gasteiger partial charge in [-0.2, -0.15) is 0 Å². The molecule has 5 rings (SSSR count). The maximum Gasteiger partial charge on any atom is 0.408 e. The van der Waals surface area contributed by atoms with Crippen LogP contribution in [0, 0.1) is 0 Å². The molecule has 3 aromatic rings. The first-order valence-corrected chi connectivity index (χ1v) is 13.3. The number of nitrogens with zero attached hydrogens (tertiary/aromatic N) is 1. The Morgan fingerprint density at radius 1 is 1.00 bits per heavy atom. The molecule has 1 heterocycles.